The Morgan fingerprint density at radius 2 is 1.97 bits per heavy atom. The quantitative estimate of drug-likeness (QED) is 0.477. The van der Waals surface area contributed by atoms with Crippen molar-refractivity contribution >= 4 is 22.2 Å². The molecule has 0 fully saturated rings. The highest BCUT2D eigenvalue weighted by molar-refractivity contribution is 7.87. The average molecular weight is 457 g/mol. The van der Waals surface area contributed by atoms with E-state index in [1.807, 2.05) is 60.8 Å². The van der Waals surface area contributed by atoms with Crippen LogP contribution in [0.15, 0.2) is 83.4 Å². The molecule has 0 N–H and O–H groups in total. The van der Waals surface area contributed by atoms with Crippen molar-refractivity contribution < 1.29 is 9.53 Å². The van der Waals surface area contributed by atoms with Gasteiger partial charge in [-0.15, -0.1) is 0 Å². The zero-order chi connectivity index (χ0) is 23.0. The number of amides is 1. The lowest BCUT2D eigenvalue weighted by molar-refractivity contribution is 0.0784. The highest BCUT2D eigenvalue weighted by atomic mass is 32.2. The van der Waals surface area contributed by atoms with E-state index in [1.165, 1.54) is 5.57 Å². The molecule has 7 heteroatoms. The van der Waals surface area contributed by atoms with Gasteiger partial charge in [-0.3, -0.25) is 9.78 Å². The summed E-state index contributed by atoms with van der Waals surface area (Å²) in [5.41, 5.74) is 3.68. The molecule has 2 aromatic carbocycles. The van der Waals surface area contributed by atoms with Gasteiger partial charge in [0.15, 0.2) is 0 Å². The van der Waals surface area contributed by atoms with Gasteiger partial charge < -0.3 is 9.64 Å². The third-order valence-electron chi connectivity index (χ3n) is 5.28. The summed E-state index contributed by atoms with van der Waals surface area (Å²) in [6.45, 7) is 0.472. The number of para-hydroxylation sites is 1. The van der Waals surface area contributed by atoms with Gasteiger partial charge in [-0.25, -0.2) is 0 Å². The molecule has 0 saturated heterocycles. The molecular weight excluding hydrogens is 432 g/mol. The van der Waals surface area contributed by atoms with E-state index < -0.39 is 0 Å². The molecule has 6 nitrogen and oxygen atoms in total. The van der Waals surface area contributed by atoms with Crippen LogP contribution >= 0.6 is 0 Å². The second-order valence-electron chi connectivity index (χ2n) is 7.66. The van der Waals surface area contributed by atoms with E-state index in [9.17, 15) is 4.79 Å². The predicted molar refractivity (Wildman–Crippen MR) is 131 cm³/mol. The predicted octanol–water partition coefficient (Wildman–Crippen LogP) is 5.22. The molecule has 0 aliphatic carbocycles. The molecule has 0 spiro atoms. The van der Waals surface area contributed by atoms with Crippen molar-refractivity contribution in [3.63, 3.8) is 0 Å². The first kappa shape index (κ1) is 22.4. The number of hydrogen-bond acceptors (Lipinski definition) is 5. The molecule has 166 valence electrons. The van der Waals surface area contributed by atoms with Crippen LogP contribution in [0.1, 0.15) is 28.0 Å². The number of nitriles is 1. The van der Waals surface area contributed by atoms with Crippen LogP contribution in [-0.2, 0) is 17.2 Å². The third kappa shape index (κ3) is 5.93. The molecule has 0 bridgehead atoms. The standard InChI is InChI=1S/C26H24N4O2S/c1-30(26(31)22-6-5-9-24(17-22)32-23-7-3-2-4-8-23)18-20-10-13-28-25(16-20)21-11-14-33(15-12-21)29-19-27/h2-11,13,16-17H,12,14-15,18H2,1H3. The summed E-state index contributed by atoms with van der Waals surface area (Å²) in [4.78, 5) is 19.3. The smallest absolute Gasteiger partial charge is 0.254 e. The van der Waals surface area contributed by atoms with Gasteiger partial charge >= 0.3 is 0 Å². The molecule has 1 amide bonds. The molecule has 3 aromatic rings. The van der Waals surface area contributed by atoms with Crippen LogP contribution in [0.3, 0.4) is 0 Å². The minimum Gasteiger partial charge on any atom is -0.457 e. The number of ether oxygens (including phenoxy) is 1. The van der Waals surface area contributed by atoms with E-state index in [0.29, 0.717) is 17.9 Å². The van der Waals surface area contributed by atoms with Crippen molar-refractivity contribution in [1.29, 1.82) is 5.26 Å². The van der Waals surface area contributed by atoms with Crippen molar-refractivity contribution in [1.82, 2.24) is 9.88 Å². The van der Waals surface area contributed by atoms with Gasteiger partial charge in [0.2, 0.25) is 6.19 Å². The molecule has 1 aromatic heterocycles. The summed E-state index contributed by atoms with van der Waals surface area (Å²) in [5, 5.41) is 8.75. The topological polar surface area (TPSA) is 78.6 Å². The molecule has 1 aliphatic heterocycles. The molecule has 1 unspecified atom stereocenters. The number of nitrogens with zero attached hydrogens (tertiary/aromatic N) is 4. The van der Waals surface area contributed by atoms with Crippen LogP contribution in [0, 0.1) is 11.5 Å². The van der Waals surface area contributed by atoms with Crippen molar-refractivity contribution in [2.75, 3.05) is 18.6 Å². The lowest BCUT2D eigenvalue weighted by atomic mass is 10.1. The summed E-state index contributed by atoms with van der Waals surface area (Å²) in [7, 11) is 1.59. The Kier molecular flexibility index (Phi) is 7.28. The van der Waals surface area contributed by atoms with Crippen molar-refractivity contribution in [3.8, 4) is 17.7 Å². The molecule has 0 radical (unpaired) electrons. The molecule has 4 rings (SSSR count). The number of allylic oxidation sites excluding steroid dienone is 1. The number of carbonyl (C=O) groups excluding carboxylic acids is 1. The van der Waals surface area contributed by atoms with E-state index in [0.717, 1.165) is 34.9 Å². The van der Waals surface area contributed by atoms with E-state index >= 15 is 0 Å². The van der Waals surface area contributed by atoms with Gasteiger partial charge in [-0.2, -0.15) is 9.62 Å². The monoisotopic (exact) mass is 456 g/mol. The average Bonchev–Trinajstić information content (AvgIpc) is 2.85. The van der Waals surface area contributed by atoms with Gasteiger partial charge in [0.1, 0.15) is 11.5 Å². The first-order valence-corrected chi connectivity index (χ1v) is 12.1. The van der Waals surface area contributed by atoms with Crippen molar-refractivity contribution in [2.45, 2.75) is 13.0 Å². The number of aromatic nitrogens is 1. The number of rotatable bonds is 6. The molecule has 0 saturated carbocycles. The van der Waals surface area contributed by atoms with E-state index in [4.69, 9.17) is 10.00 Å². The van der Waals surface area contributed by atoms with Crippen LogP contribution in [-0.4, -0.2) is 34.3 Å². The largest absolute Gasteiger partial charge is 0.457 e. The van der Waals surface area contributed by atoms with E-state index in [2.05, 4.69) is 15.4 Å². The minimum absolute atomic E-state index is 0.0779. The first-order valence-electron chi connectivity index (χ1n) is 10.6. The van der Waals surface area contributed by atoms with Gasteiger partial charge in [0, 0.05) is 36.9 Å². The fourth-order valence-electron chi connectivity index (χ4n) is 3.61. The number of pyridine rings is 1. The Bertz CT molecular complexity index is 1250. The summed E-state index contributed by atoms with van der Waals surface area (Å²) in [6, 6.07) is 20.7. The van der Waals surface area contributed by atoms with Gasteiger partial charge in [-0.05, 0) is 60.0 Å². The molecule has 33 heavy (non-hydrogen) atoms. The van der Waals surface area contributed by atoms with Crippen LogP contribution in [0.2, 0.25) is 0 Å². The van der Waals surface area contributed by atoms with Crippen LogP contribution < -0.4 is 4.74 Å². The Morgan fingerprint density at radius 1 is 1.15 bits per heavy atom. The second-order valence-corrected chi connectivity index (χ2v) is 9.51. The van der Waals surface area contributed by atoms with Gasteiger partial charge in [0.05, 0.1) is 5.69 Å². The zero-order valence-electron chi connectivity index (χ0n) is 18.3. The van der Waals surface area contributed by atoms with Crippen molar-refractivity contribution in [2.24, 2.45) is 4.36 Å². The summed E-state index contributed by atoms with van der Waals surface area (Å²) in [6.07, 6.45) is 6.68. The summed E-state index contributed by atoms with van der Waals surface area (Å²) in [5.74, 6) is 2.94. The van der Waals surface area contributed by atoms with Gasteiger partial charge in [-0.1, -0.05) is 41.0 Å². The second kappa shape index (κ2) is 10.7. The number of carbonyl (C=O) groups is 1. The number of hydrogen-bond donors (Lipinski definition) is 0. The summed E-state index contributed by atoms with van der Waals surface area (Å²) >= 11 is 0. The highest BCUT2D eigenvalue weighted by Gasteiger charge is 2.15. The maximum Gasteiger partial charge on any atom is 0.254 e. The number of benzene rings is 2. The zero-order valence-corrected chi connectivity index (χ0v) is 19.2. The van der Waals surface area contributed by atoms with Crippen molar-refractivity contribution in [3.05, 3.63) is 95.8 Å². The maximum absolute atomic E-state index is 13.0. The summed E-state index contributed by atoms with van der Waals surface area (Å²) < 4.78 is 9.83. The fraction of sp³-hybridized carbons (Fsp3) is 0.192. The Hall–Kier alpha value is -3.76. The van der Waals surface area contributed by atoms with E-state index in [-0.39, 0.29) is 16.6 Å². The van der Waals surface area contributed by atoms with E-state index in [1.54, 1.807) is 30.3 Å². The Balaban J connectivity index is 1.43. The molecule has 2 heterocycles. The minimum atomic E-state index is -0.200. The highest BCUT2D eigenvalue weighted by Crippen LogP contribution is 2.24. The maximum atomic E-state index is 13.0. The third-order valence-corrected chi connectivity index (χ3v) is 6.85. The molecule has 1 atom stereocenters. The first-order chi connectivity index (χ1) is 16.1. The van der Waals surface area contributed by atoms with Gasteiger partial charge in [0.25, 0.3) is 5.91 Å². The molecule has 1 aliphatic rings. The Morgan fingerprint density at radius 3 is 2.73 bits per heavy atom. The fourth-order valence-corrected chi connectivity index (χ4v) is 4.91. The normalized spacial score (nSPS) is 15.4. The van der Waals surface area contributed by atoms with Crippen LogP contribution in [0.4, 0.5) is 0 Å². The lowest BCUT2D eigenvalue weighted by Crippen LogP contribution is -2.26. The van der Waals surface area contributed by atoms with Crippen LogP contribution in [0.25, 0.3) is 5.57 Å². The van der Waals surface area contributed by atoms with Crippen LogP contribution in [0.5, 0.6) is 11.5 Å². The Labute approximate surface area is 196 Å². The molecular formula is C26H24N4O2S. The SMILES string of the molecule is CN(Cc1ccnc(C2=CCS(=NC#N)CC2)c1)C(=O)c1cccc(Oc2ccccc2)c1. The lowest BCUT2D eigenvalue weighted by Gasteiger charge is -2.19.